The second kappa shape index (κ2) is 4.57. The molecule has 0 radical (unpaired) electrons. The third-order valence-electron chi connectivity index (χ3n) is 2.71. The lowest BCUT2D eigenvalue weighted by Gasteiger charge is -2.25. The number of nitrogens with zero attached hydrogens (tertiary/aromatic N) is 2. The number of hydrogen-bond donors (Lipinski definition) is 1. The Hall–Kier alpha value is -1.16. The minimum absolute atomic E-state index is 0.405. The molecule has 0 bridgehead atoms. The molecule has 0 aliphatic rings. The molecule has 0 saturated carbocycles. The van der Waals surface area contributed by atoms with E-state index in [0.717, 1.165) is 23.8 Å². The van der Waals surface area contributed by atoms with E-state index in [1.807, 2.05) is 27.0 Å². The number of rotatable bonds is 4. The molecule has 84 valence electrons. The zero-order valence-electron chi connectivity index (χ0n) is 10.1. The number of ether oxygens (including phenoxy) is 1. The Morgan fingerprint density at radius 2 is 2.13 bits per heavy atom. The van der Waals surface area contributed by atoms with Crippen LogP contribution in [0.1, 0.15) is 31.8 Å². The molecule has 0 amide bonds. The second-order valence-corrected chi connectivity index (χ2v) is 3.76. The molecule has 1 atom stereocenters. The number of nitrogens with one attached hydrogen (secondary N) is 1. The van der Waals surface area contributed by atoms with Gasteiger partial charge in [0.15, 0.2) is 5.82 Å². The molecule has 1 N–H and O–H groups in total. The monoisotopic (exact) mass is 209 g/mol. The predicted octanol–water partition coefficient (Wildman–Crippen LogP) is 2.10. The summed E-state index contributed by atoms with van der Waals surface area (Å²) < 4.78 is 5.47. The molecule has 1 unspecified atom stereocenters. The maximum absolute atomic E-state index is 5.47. The van der Waals surface area contributed by atoms with Crippen molar-refractivity contribution < 1.29 is 4.74 Å². The Labute approximate surface area is 91.1 Å². The van der Waals surface area contributed by atoms with Gasteiger partial charge < -0.3 is 10.1 Å². The van der Waals surface area contributed by atoms with E-state index in [9.17, 15) is 0 Å². The average Bonchev–Trinajstić information content (AvgIpc) is 2.27. The van der Waals surface area contributed by atoms with Crippen LogP contribution in [0.2, 0.25) is 0 Å². The number of aryl methyl sites for hydroxylation is 1. The summed E-state index contributed by atoms with van der Waals surface area (Å²) in [6.07, 6.45) is 0.843. The fraction of sp³-hybridized carbons (Fsp3) is 0.636. The van der Waals surface area contributed by atoms with Gasteiger partial charge in [0.05, 0.1) is 0 Å². The molecule has 1 rings (SSSR count). The molecule has 15 heavy (non-hydrogen) atoms. The predicted molar refractivity (Wildman–Crippen MR) is 61.0 cm³/mol. The molecule has 1 heterocycles. The second-order valence-electron chi connectivity index (χ2n) is 3.76. The Balaban J connectivity index is 3.18. The van der Waals surface area contributed by atoms with E-state index >= 15 is 0 Å². The fourth-order valence-electron chi connectivity index (χ4n) is 1.33. The minimum atomic E-state index is -0.405. The van der Waals surface area contributed by atoms with Gasteiger partial charge in [-0.3, -0.25) is 0 Å². The molecule has 0 fully saturated rings. The van der Waals surface area contributed by atoms with Crippen LogP contribution in [0, 0.1) is 6.92 Å². The largest absolute Gasteiger partial charge is 0.373 e. The Morgan fingerprint density at radius 1 is 1.47 bits per heavy atom. The summed E-state index contributed by atoms with van der Waals surface area (Å²) in [5.41, 5.74) is 0.540. The molecule has 0 aliphatic heterocycles. The van der Waals surface area contributed by atoms with Gasteiger partial charge >= 0.3 is 0 Å². The molecule has 0 saturated heterocycles. The van der Waals surface area contributed by atoms with Gasteiger partial charge in [-0.2, -0.15) is 0 Å². The first kappa shape index (κ1) is 11.9. The van der Waals surface area contributed by atoms with E-state index in [2.05, 4.69) is 22.2 Å². The minimum Gasteiger partial charge on any atom is -0.373 e. The van der Waals surface area contributed by atoms with Gasteiger partial charge in [0, 0.05) is 25.9 Å². The van der Waals surface area contributed by atoms with Crippen LogP contribution in [0.25, 0.3) is 0 Å². The zero-order valence-corrected chi connectivity index (χ0v) is 10.1. The Bertz CT molecular complexity index is 335. The number of aromatic nitrogens is 2. The molecular formula is C11H19N3O. The van der Waals surface area contributed by atoms with Crippen molar-refractivity contribution in [2.24, 2.45) is 0 Å². The lowest BCUT2D eigenvalue weighted by molar-refractivity contribution is -0.00899. The van der Waals surface area contributed by atoms with Gasteiger partial charge in [-0.25, -0.2) is 9.97 Å². The highest BCUT2D eigenvalue weighted by atomic mass is 16.5. The van der Waals surface area contributed by atoms with Crippen molar-refractivity contribution in [2.75, 3.05) is 19.5 Å². The van der Waals surface area contributed by atoms with Crippen LogP contribution < -0.4 is 5.32 Å². The lowest BCUT2D eigenvalue weighted by atomic mass is 10.0. The summed E-state index contributed by atoms with van der Waals surface area (Å²) >= 11 is 0. The highest BCUT2D eigenvalue weighted by Gasteiger charge is 2.27. The van der Waals surface area contributed by atoms with E-state index in [1.165, 1.54) is 0 Å². The maximum atomic E-state index is 5.47. The van der Waals surface area contributed by atoms with Crippen LogP contribution in [0.15, 0.2) is 6.07 Å². The van der Waals surface area contributed by atoms with Crippen molar-refractivity contribution in [3.63, 3.8) is 0 Å². The molecule has 0 aromatic carbocycles. The Kier molecular flexibility index (Phi) is 3.63. The summed E-state index contributed by atoms with van der Waals surface area (Å²) in [5, 5.41) is 3.02. The van der Waals surface area contributed by atoms with Crippen molar-refractivity contribution in [3.8, 4) is 0 Å². The van der Waals surface area contributed by atoms with E-state index in [1.54, 1.807) is 7.11 Å². The summed E-state index contributed by atoms with van der Waals surface area (Å²) in [6.45, 7) is 6.02. The highest BCUT2D eigenvalue weighted by molar-refractivity contribution is 5.35. The number of hydrogen-bond acceptors (Lipinski definition) is 4. The van der Waals surface area contributed by atoms with Crippen LogP contribution >= 0.6 is 0 Å². The first-order chi connectivity index (χ1) is 7.05. The van der Waals surface area contributed by atoms with E-state index in [-0.39, 0.29) is 0 Å². The highest BCUT2D eigenvalue weighted by Crippen LogP contribution is 2.26. The van der Waals surface area contributed by atoms with Crippen LogP contribution in [0.5, 0.6) is 0 Å². The molecule has 1 aromatic heterocycles. The maximum Gasteiger partial charge on any atom is 0.162 e. The molecule has 1 aromatic rings. The van der Waals surface area contributed by atoms with Gasteiger partial charge in [-0.05, 0) is 20.3 Å². The number of methoxy groups -OCH3 is 1. The zero-order chi connectivity index (χ0) is 11.5. The first-order valence-corrected chi connectivity index (χ1v) is 5.14. The smallest absolute Gasteiger partial charge is 0.162 e. The third kappa shape index (κ3) is 2.45. The average molecular weight is 209 g/mol. The van der Waals surface area contributed by atoms with Crippen LogP contribution in [0.4, 0.5) is 5.82 Å². The molecule has 4 heteroatoms. The normalized spacial score (nSPS) is 14.7. The third-order valence-corrected chi connectivity index (χ3v) is 2.71. The van der Waals surface area contributed by atoms with Crippen LogP contribution in [-0.4, -0.2) is 24.1 Å². The molecular weight excluding hydrogens is 190 g/mol. The van der Waals surface area contributed by atoms with Crippen molar-refractivity contribution in [1.29, 1.82) is 0 Å². The summed E-state index contributed by atoms with van der Waals surface area (Å²) in [7, 11) is 3.54. The van der Waals surface area contributed by atoms with Crippen molar-refractivity contribution in [3.05, 3.63) is 17.6 Å². The fourth-order valence-corrected chi connectivity index (χ4v) is 1.33. The quantitative estimate of drug-likeness (QED) is 0.825. The van der Waals surface area contributed by atoms with E-state index in [0.29, 0.717) is 0 Å². The van der Waals surface area contributed by atoms with Crippen LogP contribution in [0.3, 0.4) is 0 Å². The topological polar surface area (TPSA) is 47.0 Å². The van der Waals surface area contributed by atoms with Crippen molar-refractivity contribution in [1.82, 2.24) is 9.97 Å². The van der Waals surface area contributed by atoms with Gasteiger partial charge in [-0.1, -0.05) is 6.92 Å². The molecule has 0 aliphatic carbocycles. The van der Waals surface area contributed by atoms with Gasteiger partial charge in [-0.15, -0.1) is 0 Å². The van der Waals surface area contributed by atoms with Gasteiger partial charge in [0.25, 0.3) is 0 Å². The summed E-state index contributed by atoms with van der Waals surface area (Å²) in [5.74, 6) is 1.56. The standard InChI is InChI=1S/C11H19N3O/c1-6-11(3,15-5)10-13-8(2)7-9(12-4)14-10/h7H,6H2,1-5H3,(H,12,13,14). The molecule has 4 nitrogen and oxygen atoms in total. The summed E-state index contributed by atoms with van der Waals surface area (Å²) in [6, 6.07) is 1.91. The van der Waals surface area contributed by atoms with Gasteiger partial charge in [0.1, 0.15) is 11.4 Å². The van der Waals surface area contributed by atoms with E-state index < -0.39 is 5.60 Å². The summed E-state index contributed by atoms with van der Waals surface area (Å²) in [4.78, 5) is 8.84. The van der Waals surface area contributed by atoms with E-state index in [4.69, 9.17) is 4.74 Å². The first-order valence-electron chi connectivity index (χ1n) is 5.14. The van der Waals surface area contributed by atoms with Gasteiger partial charge in [0.2, 0.25) is 0 Å². The molecule has 0 spiro atoms. The number of anilines is 1. The SMILES string of the molecule is CCC(C)(OC)c1nc(C)cc(NC)n1. The van der Waals surface area contributed by atoms with Crippen molar-refractivity contribution >= 4 is 5.82 Å². The Morgan fingerprint density at radius 3 is 2.60 bits per heavy atom. The van der Waals surface area contributed by atoms with Crippen molar-refractivity contribution in [2.45, 2.75) is 32.8 Å². The lowest BCUT2D eigenvalue weighted by Crippen LogP contribution is -2.26. The van der Waals surface area contributed by atoms with Crippen LogP contribution in [-0.2, 0) is 10.3 Å².